The van der Waals surface area contributed by atoms with E-state index in [4.69, 9.17) is 4.42 Å². The summed E-state index contributed by atoms with van der Waals surface area (Å²) >= 11 is 0. The number of furan rings is 1. The van der Waals surface area contributed by atoms with Gasteiger partial charge in [-0.15, -0.1) is 0 Å². The van der Waals surface area contributed by atoms with E-state index in [9.17, 15) is 9.59 Å². The van der Waals surface area contributed by atoms with E-state index in [1.807, 2.05) is 4.90 Å². The van der Waals surface area contributed by atoms with E-state index in [0.717, 1.165) is 31.4 Å². The van der Waals surface area contributed by atoms with Crippen LogP contribution in [-0.2, 0) is 0 Å². The van der Waals surface area contributed by atoms with Crippen LogP contribution in [0.1, 0.15) is 27.5 Å². The number of aromatic nitrogens is 3. The Morgan fingerprint density at radius 1 is 1.10 bits per heavy atom. The average molecular weight is 418 g/mol. The molecule has 31 heavy (non-hydrogen) atoms. The fraction of sp³-hybridized carbons (Fsp3) is 0.273. The Bertz CT molecular complexity index is 1280. The normalized spacial score (nSPS) is 15.3. The summed E-state index contributed by atoms with van der Waals surface area (Å²) in [6, 6.07) is 10.6. The molecule has 9 heteroatoms. The van der Waals surface area contributed by atoms with Crippen molar-refractivity contribution in [1.29, 1.82) is 0 Å². The Balaban J connectivity index is 1.35. The summed E-state index contributed by atoms with van der Waals surface area (Å²) in [7, 11) is 2.06. The van der Waals surface area contributed by atoms with Gasteiger partial charge in [0.15, 0.2) is 17.1 Å². The van der Waals surface area contributed by atoms with Crippen LogP contribution in [0, 0.1) is 0 Å². The van der Waals surface area contributed by atoms with Crippen molar-refractivity contribution >= 4 is 34.1 Å². The summed E-state index contributed by atoms with van der Waals surface area (Å²) in [6.07, 6.45) is 4.03. The molecule has 158 valence electrons. The molecule has 1 saturated heterocycles. The number of fused-ring (bicyclic) bond motifs is 2. The number of nitrogens with zero attached hydrogens (tertiary/aromatic N) is 5. The molecule has 1 aliphatic rings. The summed E-state index contributed by atoms with van der Waals surface area (Å²) in [5.74, 6) is -0.109. The largest absolute Gasteiger partial charge is 0.451 e. The molecule has 9 nitrogen and oxygen atoms in total. The molecule has 0 unspecified atom stereocenters. The zero-order valence-electron chi connectivity index (χ0n) is 17.1. The molecule has 0 radical (unpaired) electrons. The molecule has 1 aromatic carbocycles. The first-order chi connectivity index (χ1) is 15.1. The summed E-state index contributed by atoms with van der Waals surface area (Å²) < 4.78 is 7.29. The minimum Gasteiger partial charge on any atom is -0.451 e. The first-order valence-corrected chi connectivity index (χ1v) is 10.2. The van der Waals surface area contributed by atoms with Gasteiger partial charge in [-0.2, -0.15) is 5.10 Å². The molecule has 1 aliphatic heterocycles. The molecule has 2 amide bonds. The van der Waals surface area contributed by atoms with E-state index >= 15 is 0 Å². The van der Waals surface area contributed by atoms with E-state index in [-0.39, 0.29) is 11.8 Å². The van der Waals surface area contributed by atoms with Crippen LogP contribution in [0.15, 0.2) is 53.2 Å². The van der Waals surface area contributed by atoms with E-state index in [1.165, 1.54) is 10.7 Å². The molecule has 0 bridgehead atoms. The predicted molar refractivity (Wildman–Crippen MR) is 115 cm³/mol. The third kappa shape index (κ3) is 3.75. The van der Waals surface area contributed by atoms with Gasteiger partial charge < -0.3 is 19.5 Å². The molecule has 1 N–H and O–H groups in total. The van der Waals surface area contributed by atoms with Crippen molar-refractivity contribution in [1.82, 2.24) is 24.4 Å². The second-order valence-corrected chi connectivity index (χ2v) is 7.70. The van der Waals surface area contributed by atoms with Crippen molar-refractivity contribution in [3.63, 3.8) is 0 Å². The SMILES string of the molecule is CN1CCCN(C(=O)c2cc3cc(NC(=O)c4cnc5cccnn45)ccc3o2)CC1. The van der Waals surface area contributed by atoms with Gasteiger partial charge in [0, 0.05) is 36.9 Å². The van der Waals surface area contributed by atoms with Crippen LogP contribution in [0.3, 0.4) is 0 Å². The van der Waals surface area contributed by atoms with Crippen molar-refractivity contribution in [3.8, 4) is 0 Å². The van der Waals surface area contributed by atoms with E-state index < -0.39 is 0 Å². The summed E-state index contributed by atoms with van der Waals surface area (Å²) in [5, 5.41) is 7.78. The number of benzene rings is 1. The minimum absolute atomic E-state index is 0.103. The van der Waals surface area contributed by atoms with Gasteiger partial charge in [-0.25, -0.2) is 9.50 Å². The van der Waals surface area contributed by atoms with Crippen LogP contribution in [0.5, 0.6) is 0 Å². The Morgan fingerprint density at radius 3 is 2.90 bits per heavy atom. The fourth-order valence-corrected chi connectivity index (χ4v) is 3.81. The topological polar surface area (TPSA) is 96.0 Å². The maximum Gasteiger partial charge on any atom is 0.289 e. The van der Waals surface area contributed by atoms with E-state index in [1.54, 1.807) is 42.6 Å². The fourth-order valence-electron chi connectivity index (χ4n) is 3.81. The lowest BCUT2D eigenvalue weighted by atomic mass is 10.2. The smallest absolute Gasteiger partial charge is 0.289 e. The number of likely N-dealkylation sites (N-methyl/N-ethyl adjacent to an activating group) is 1. The quantitative estimate of drug-likeness (QED) is 0.549. The van der Waals surface area contributed by atoms with Crippen molar-refractivity contribution in [2.75, 3.05) is 38.5 Å². The molecule has 0 aliphatic carbocycles. The third-order valence-corrected chi connectivity index (χ3v) is 5.50. The number of imidazole rings is 1. The van der Waals surface area contributed by atoms with Gasteiger partial charge in [-0.05, 0) is 56.4 Å². The van der Waals surface area contributed by atoms with Crippen molar-refractivity contribution in [3.05, 3.63) is 60.2 Å². The molecular formula is C22H22N6O3. The Labute approximate surface area is 178 Å². The average Bonchev–Trinajstić information content (AvgIpc) is 3.33. The number of nitrogens with one attached hydrogen (secondary N) is 1. The number of rotatable bonds is 3. The number of carbonyl (C=O) groups excluding carboxylic acids is 2. The molecule has 5 rings (SSSR count). The van der Waals surface area contributed by atoms with Crippen LogP contribution < -0.4 is 5.32 Å². The first kappa shape index (κ1) is 19.3. The second kappa shape index (κ2) is 7.84. The Morgan fingerprint density at radius 2 is 2.00 bits per heavy atom. The standard InChI is InChI=1S/C22H22N6O3/c1-26-8-3-9-27(11-10-26)22(30)19-13-15-12-16(5-6-18(15)31-19)25-21(29)17-14-23-20-4-2-7-24-28(17)20/h2,4-7,12-14H,3,8-11H2,1H3,(H,25,29). The molecular weight excluding hydrogens is 396 g/mol. The number of anilines is 1. The lowest BCUT2D eigenvalue weighted by Gasteiger charge is -2.18. The van der Waals surface area contributed by atoms with Gasteiger partial charge >= 0.3 is 0 Å². The van der Waals surface area contributed by atoms with Crippen molar-refractivity contribution in [2.45, 2.75) is 6.42 Å². The Hall–Kier alpha value is -3.72. The third-order valence-electron chi connectivity index (χ3n) is 5.50. The molecule has 0 saturated carbocycles. The lowest BCUT2D eigenvalue weighted by Crippen LogP contribution is -2.34. The zero-order chi connectivity index (χ0) is 21.4. The predicted octanol–water partition coefficient (Wildman–Crippen LogP) is 2.51. The molecule has 4 aromatic rings. The van der Waals surface area contributed by atoms with Gasteiger partial charge in [0.25, 0.3) is 11.8 Å². The lowest BCUT2D eigenvalue weighted by molar-refractivity contribution is 0.0733. The maximum absolute atomic E-state index is 12.9. The Kier molecular flexibility index (Phi) is 4.87. The highest BCUT2D eigenvalue weighted by atomic mass is 16.3. The second-order valence-electron chi connectivity index (χ2n) is 7.70. The summed E-state index contributed by atoms with van der Waals surface area (Å²) in [6.45, 7) is 3.23. The van der Waals surface area contributed by atoms with Crippen LogP contribution in [0.2, 0.25) is 0 Å². The van der Waals surface area contributed by atoms with Gasteiger partial charge in [0.2, 0.25) is 0 Å². The highest BCUT2D eigenvalue weighted by Gasteiger charge is 2.22. The highest BCUT2D eigenvalue weighted by molar-refractivity contribution is 6.04. The van der Waals surface area contributed by atoms with Crippen molar-refractivity contribution in [2.24, 2.45) is 0 Å². The maximum atomic E-state index is 12.9. The molecule has 0 atom stereocenters. The summed E-state index contributed by atoms with van der Waals surface area (Å²) in [5.41, 5.74) is 2.13. The monoisotopic (exact) mass is 418 g/mol. The van der Waals surface area contributed by atoms with Gasteiger partial charge in [-0.1, -0.05) is 0 Å². The van der Waals surface area contributed by atoms with Crippen LogP contribution >= 0.6 is 0 Å². The van der Waals surface area contributed by atoms with Crippen LogP contribution in [-0.4, -0.2) is 69.4 Å². The molecule has 1 fully saturated rings. The van der Waals surface area contributed by atoms with Crippen LogP contribution in [0.4, 0.5) is 5.69 Å². The minimum atomic E-state index is -0.320. The van der Waals surface area contributed by atoms with E-state index in [2.05, 4.69) is 27.3 Å². The highest BCUT2D eigenvalue weighted by Crippen LogP contribution is 2.25. The number of hydrogen-bond acceptors (Lipinski definition) is 6. The van der Waals surface area contributed by atoms with E-state index in [0.29, 0.717) is 34.9 Å². The zero-order valence-corrected chi connectivity index (χ0v) is 17.1. The molecule has 3 aromatic heterocycles. The molecule has 0 spiro atoms. The van der Waals surface area contributed by atoms with Crippen molar-refractivity contribution < 1.29 is 14.0 Å². The van der Waals surface area contributed by atoms with Crippen LogP contribution in [0.25, 0.3) is 16.6 Å². The van der Waals surface area contributed by atoms with Gasteiger partial charge in [-0.3, -0.25) is 9.59 Å². The van der Waals surface area contributed by atoms with Gasteiger partial charge in [0.1, 0.15) is 5.58 Å². The number of hydrogen-bond donors (Lipinski definition) is 1. The summed E-state index contributed by atoms with van der Waals surface area (Å²) in [4.78, 5) is 33.8. The first-order valence-electron chi connectivity index (χ1n) is 10.2. The molecule has 4 heterocycles. The number of amides is 2. The van der Waals surface area contributed by atoms with Gasteiger partial charge in [0.05, 0.1) is 6.20 Å². The number of carbonyl (C=O) groups is 2.